The van der Waals surface area contributed by atoms with Gasteiger partial charge in [-0.05, 0) is 80.2 Å². The van der Waals surface area contributed by atoms with E-state index < -0.39 is 11.6 Å². The zero-order valence-electron chi connectivity index (χ0n) is 20.3. The van der Waals surface area contributed by atoms with E-state index in [1.165, 1.54) is 0 Å². The summed E-state index contributed by atoms with van der Waals surface area (Å²) in [7, 11) is 0. The second-order valence-corrected chi connectivity index (χ2v) is 10.0. The lowest BCUT2D eigenvalue weighted by atomic mass is 10.0. The van der Waals surface area contributed by atoms with E-state index in [0.29, 0.717) is 32.0 Å². The fourth-order valence-corrected chi connectivity index (χ4v) is 4.33. The van der Waals surface area contributed by atoms with Crippen molar-refractivity contribution in [3.05, 3.63) is 52.5 Å². The third-order valence-electron chi connectivity index (χ3n) is 5.35. The minimum absolute atomic E-state index is 0.0517. The molecule has 9 heteroatoms. The van der Waals surface area contributed by atoms with Crippen LogP contribution in [-0.4, -0.2) is 63.6 Å². The molecule has 34 heavy (non-hydrogen) atoms. The van der Waals surface area contributed by atoms with Gasteiger partial charge in [-0.25, -0.2) is 9.78 Å². The predicted octanol–water partition coefficient (Wildman–Crippen LogP) is 4.78. The molecule has 0 N–H and O–H groups in total. The molecule has 0 radical (unpaired) electrons. The third kappa shape index (κ3) is 7.41. The monoisotopic (exact) mass is 532 g/mol. The Morgan fingerprint density at radius 1 is 1.24 bits per heavy atom. The average molecular weight is 533 g/mol. The summed E-state index contributed by atoms with van der Waals surface area (Å²) in [6.45, 7) is 9.66. The molecule has 3 rings (SSSR count). The SMILES string of the molecule is CCOc1cncc([C@H](CC(=O)OC(C)(C)C)N2CCN(CCCc3cccc(Br)n3)C2=O)c1. The number of urea groups is 1. The summed E-state index contributed by atoms with van der Waals surface area (Å²) in [5.41, 5.74) is 1.14. The van der Waals surface area contributed by atoms with Crippen LogP contribution in [0.1, 0.15) is 57.8 Å². The maximum absolute atomic E-state index is 13.3. The van der Waals surface area contributed by atoms with Gasteiger partial charge in [-0.15, -0.1) is 0 Å². The van der Waals surface area contributed by atoms with Crippen molar-refractivity contribution in [2.45, 2.75) is 58.6 Å². The highest BCUT2D eigenvalue weighted by atomic mass is 79.9. The molecule has 1 saturated heterocycles. The van der Waals surface area contributed by atoms with Crippen molar-refractivity contribution in [3.8, 4) is 5.75 Å². The highest BCUT2D eigenvalue weighted by Gasteiger charge is 2.36. The smallest absolute Gasteiger partial charge is 0.320 e. The molecule has 0 aromatic carbocycles. The minimum atomic E-state index is -0.603. The van der Waals surface area contributed by atoms with Gasteiger partial charge in [0.1, 0.15) is 16.0 Å². The molecule has 2 aromatic heterocycles. The van der Waals surface area contributed by atoms with Crippen LogP contribution >= 0.6 is 15.9 Å². The van der Waals surface area contributed by atoms with Crippen LogP contribution < -0.4 is 4.74 Å². The molecule has 1 atom stereocenters. The van der Waals surface area contributed by atoms with E-state index >= 15 is 0 Å². The van der Waals surface area contributed by atoms with Gasteiger partial charge in [-0.2, -0.15) is 0 Å². The van der Waals surface area contributed by atoms with Gasteiger partial charge in [0.15, 0.2) is 0 Å². The predicted molar refractivity (Wildman–Crippen MR) is 133 cm³/mol. The molecular weight excluding hydrogens is 500 g/mol. The van der Waals surface area contributed by atoms with Crippen LogP contribution in [0.3, 0.4) is 0 Å². The lowest BCUT2D eigenvalue weighted by Gasteiger charge is -2.29. The zero-order chi connectivity index (χ0) is 24.7. The van der Waals surface area contributed by atoms with E-state index in [1.807, 2.05) is 56.9 Å². The Kier molecular flexibility index (Phi) is 8.88. The fraction of sp³-hybridized carbons (Fsp3) is 0.520. The van der Waals surface area contributed by atoms with E-state index in [0.717, 1.165) is 28.7 Å². The molecule has 0 bridgehead atoms. The van der Waals surface area contributed by atoms with Crippen molar-refractivity contribution in [2.24, 2.45) is 0 Å². The zero-order valence-corrected chi connectivity index (χ0v) is 21.9. The normalized spacial score (nSPS) is 14.9. The van der Waals surface area contributed by atoms with Gasteiger partial charge in [0, 0.05) is 31.5 Å². The van der Waals surface area contributed by atoms with Crippen molar-refractivity contribution >= 4 is 27.9 Å². The summed E-state index contributed by atoms with van der Waals surface area (Å²) in [5, 5.41) is 0. The summed E-state index contributed by atoms with van der Waals surface area (Å²) >= 11 is 3.39. The van der Waals surface area contributed by atoms with Crippen molar-refractivity contribution in [2.75, 3.05) is 26.2 Å². The van der Waals surface area contributed by atoms with Crippen LogP contribution in [-0.2, 0) is 16.0 Å². The summed E-state index contributed by atoms with van der Waals surface area (Å²) in [6.07, 6.45) is 4.96. The topological polar surface area (TPSA) is 84.9 Å². The Hall–Kier alpha value is -2.68. The Morgan fingerprint density at radius 2 is 2.03 bits per heavy atom. The number of hydrogen-bond acceptors (Lipinski definition) is 6. The summed E-state index contributed by atoms with van der Waals surface area (Å²) in [4.78, 5) is 38.3. The molecule has 2 aromatic rings. The van der Waals surface area contributed by atoms with Crippen LogP contribution in [0.25, 0.3) is 0 Å². The fourth-order valence-electron chi connectivity index (χ4n) is 3.95. The number of hydrogen-bond donors (Lipinski definition) is 0. The van der Waals surface area contributed by atoms with Crippen LogP contribution in [0.2, 0.25) is 0 Å². The molecule has 8 nitrogen and oxygen atoms in total. The number of aryl methyl sites for hydroxylation is 1. The second kappa shape index (κ2) is 11.6. The number of pyridine rings is 2. The number of ether oxygens (including phenoxy) is 2. The highest BCUT2D eigenvalue weighted by molar-refractivity contribution is 9.10. The van der Waals surface area contributed by atoms with Crippen molar-refractivity contribution in [1.82, 2.24) is 19.8 Å². The Labute approximate surface area is 209 Å². The molecule has 0 saturated carbocycles. The maximum Gasteiger partial charge on any atom is 0.320 e. The number of aromatic nitrogens is 2. The van der Waals surface area contributed by atoms with Crippen LogP contribution in [0, 0.1) is 0 Å². The van der Waals surface area contributed by atoms with Crippen molar-refractivity contribution in [3.63, 3.8) is 0 Å². The van der Waals surface area contributed by atoms with E-state index in [1.54, 1.807) is 17.3 Å². The first-order valence-corrected chi connectivity index (χ1v) is 12.4. The lowest BCUT2D eigenvalue weighted by molar-refractivity contribution is -0.156. The number of esters is 1. The second-order valence-electron chi connectivity index (χ2n) is 9.21. The largest absolute Gasteiger partial charge is 0.492 e. The van der Waals surface area contributed by atoms with Crippen molar-refractivity contribution < 1.29 is 19.1 Å². The number of rotatable bonds is 10. The van der Waals surface area contributed by atoms with Crippen molar-refractivity contribution in [1.29, 1.82) is 0 Å². The molecule has 1 aliphatic rings. The van der Waals surface area contributed by atoms with Gasteiger partial charge in [0.2, 0.25) is 0 Å². The molecule has 184 valence electrons. The summed E-state index contributed by atoms with van der Waals surface area (Å²) in [6, 6.07) is 7.12. The molecule has 2 amide bonds. The highest BCUT2D eigenvalue weighted by Crippen LogP contribution is 2.31. The molecule has 1 fully saturated rings. The average Bonchev–Trinajstić information content (AvgIpc) is 3.11. The quantitative estimate of drug-likeness (QED) is 0.323. The Balaban J connectivity index is 1.71. The molecule has 3 heterocycles. The molecule has 0 aliphatic carbocycles. The Bertz CT molecular complexity index is 995. The van der Waals surface area contributed by atoms with Gasteiger partial charge in [0.05, 0.1) is 25.3 Å². The van der Waals surface area contributed by atoms with Crippen LogP contribution in [0.4, 0.5) is 4.79 Å². The number of halogens is 1. The third-order valence-corrected chi connectivity index (χ3v) is 5.79. The van der Waals surface area contributed by atoms with Gasteiger partial charge in [0.25, 0.3) is 0 Å². The van der Waals surface area contributed by atoms with Crippen LogP contribution in [0.5, 0.6) is 5.75 Å². The van der Waals surface area contributed by atoms with Gasteiger partial charge in [-0.1, -0.05) is 6.07 Å². The number of nitrogens with zero attached hydrogens (tertiary/aromatic N) is 4. The molecular formula is C25H33BrN4O4. The van der Waals surface area contributed by atoms with Gasteiger partial charge >= 0.3 is 12.0 Å². The van der Waals surface area contributed by atoms with Gasteiger partial charge < -0.3 is 19.3 Å². The van der Waals surface area contributed by atoms with E-state index in [-0.39, 0.29) is 18.4 Å². The minimum Gasteiger partial charge on any atom is -0.492 e. The lowest BCUT2D eigenvalue weighted by Crippen LogP contribution is -2.37. The summed E-state index contributed by atoms with van der Waals surface area (Å²) < 4.78 is 12.0. The number of carbonyl (C=O) groups is 2. The van der Waals surface area contributed by atoms with E-state index in [9.17, 15) is 9.59 Å². The first-order chi connectivity index (χ1) is 16.2. The number of carbonyl (C=O) groups excluding carboxylic acids is 2. The number of amides is 2. The standard InChI is InChI=1S/C25H33BrN4O4/c1-5-33-20-14-18(16-27-17-20)21(15-23(31)34-25(2,3)4)30-13-12-29(24(30)32)11-7-9-19-8-6-10-22(26)28-19/h6,8,10,14,16-17,21H,5,7,9,11-13,15H2,1-4H3/t21-/m0/s1. The van der Waals surface area contributed by atoms with Crippen LogP contribution in [0.15, 0.2) is 41.3 Å². The molecule has 0 unspecified atom stereocenters. The maximum atomic E-state index is 13.3. The van der Waals surface area contributed by atoms with E-state index in [4.69, 9.17) is 9.47 Å². The molecule has 0 spiro atoms. The first-order valence-electron chi connectivity index (χ1n) is 11.6. The Morgan fingerprint density at radius 3 is 2.74 bits per heavy atom. The first kappa shape index (κ1) is 25.9. The molecule has 1 aliphatic heterocycles. The summed E-state index contributed by atoms with van der Waals surface area (Å²) in [5.74, 6) is 0.255. The van der Waals surface area contributed by atoms with E-state index in [2.05, 4.69) is 25.9 Å². The van der Waals surface area contributed by atoms with Gasteiger partial charge in [-0.3, -0.25) is 9.78 Å².